The quantitative estimate of drug-likeness (QED) is 0.845. The minimum atomic E-state index is -0.262. The maximum atomic E-state index is 10.8. The fourth-order valence-corrected chi connectivity index (χ4v) is 2.51. The molecule has 1 aromatic carbocycles. The van der Waals surface area contributed by atoms with E-state index in [1.54, 1.807) is 0 Å². The van der Waals surface area contributed by atoms with E-state index in [4.69, 9.17) is 10.5 Å². The zero-order valence-corrected chi connectivity index (χ0v) is 12.2. The van der Waals surface area contributed by atoms with Crippen molar-refractivity contribution in [3.05, 3.63) is 24.3 Å². The van der Waals surface area contributed by atoms with Gasteiger partial charge in [-0.2, -0.15) is 0 Å². The summed E-state index contributed by atoms with van der Waals surface area (Å²) in [5, 5.41) is 0. The molecule has 0 aromatic heterocycles. The third-order valence-electron chi connectivity index (χ3n) is 3.56. The Morgan fingerprint density at radius 2 is 2.25 bits per heavy atom. The van der Waals surface area contributed by atoms with E-state index in [0.29, 0.717) is 13.0 Å². The monoisotopic (exact) mass is 277 g/mol. The van der Waals surface area contributed by atoms with Crippen LogP contribution < -0.4 is 15.4 Å². The molecule has 0 spiro atoms. The molecule has 1 heterocycles. The molecule has 0 saturated carbocycles. The van der Waals surface area contributed by atoms with Crippen molar-refractivity contribution in [1.82, 2.24) is 4.90 Å². The number of hydrogen-bond acceptors (Lipinski definition) is 4. The van der Waals surface area contributed by atoms with Crippen LogP contribution in [-0.4, -0.2) is 50.1 Å². The van der Waals surface area contributed by atoms with Gasteiger partial charge in [-0.25, -0.2) is 0 Å². The van der Waals surface area contributed by atoms with Gasteiger partial charge in [0, 0.05) is 26.1 Å². The Labute approximate surface area is 120 Å². The van der Waals surface area contributed by atoms with Gasteiger partial charge in [0.15, 0.2) is 0 Å². The van der Waals surface area contributed by atoms with Crippen molar-refractivity contribution in [3.63, 3.8) is 0 Å². The second-order valence-corrected chi connectivity index (χ2v) is 5.22. The second kappa shape index (κ2) is 6.61. The SMILES string of the molecule is CCN1CC(CN(C)CCC(N)=O)Oc2ccccc21. The van der Waals surface area contributed by atoms with Crippen molar-refractivity contribution in [2.45, 2.75) is 19.4 Å². The molecule has 1 unspecified atom stereocenters. The number of likely N-dealkylation sites (N-methyl/N-ethyl adjacent to an activating group) is 2. The number of nitrogens with zero attached hydrogens (tertiary/aromatic N) is 2. The Hall–Kier alpha value is -1.75. The van der Waals surface area contributed by atoms with E-state index in [2.05, 4.69) is 22.8 Å². The van der Waals surface area contributed by atoms with Crippen LogP contribution in [0, 0.1) is 0 Å². The van der Waals surface area contributed by atoms with Crippen LogP contribution in [-0.2, 0) is 4.79 Å². The first-order valence-corrected chi connectivity index (χ1v) is 7.07. The third-order valence-corrected chi connectivity index (χ3v) is 3.56. The van der Waals surface area contributed by atoms with E-state index in [9.17, 15) is 4.79 Å². The molecule has 1 amide bonds. The number of hydrogen-bond donors (Lipinski definition) is 1. The molecule has 0 bridgehead atoms. The maximum Gasteiger partial charge on any atom is 0.218 e. The van der Waals surface area contributed by atoms with E-state index in [1.807, 2.05) is 25.2 Å². The van der Waals surface area contributed by atoms with Crippen LogP contribution in [0.4, 0.5) is 5.69 Å². The number of rotatable bonds is 6. The van der Waals surface area contributed by atoms with E-state index >= 15 is 0 Å². The molecule has 1 aliphatic rings. The smallest absolute Gasteiger partial charge is 0.218 e. The zero-order valence-electron chi connectivity index (χ0n) is 12.2. The number of ether oxygens (including phenoxy) is 1. The molecular formula is C15H23N3O2. The predicted molar refractivity (Wildman–Crippen MR) is 80.1 cm³/mol. The first kappa shape index (κ1) is 14.7. The summed E-state index contributed by atoms with van der Waals surface area (Å²) in [6.07, 6.45) is 0.500. The fraction of sp³-hybridized carbons (Fsp3) is 0.533. The standard InChI is InChI=1S/C15H23N3O2/c1-3-18-11-12(10-17(2)9-8-15(16)19)20-14-7-5-4-6-13(14)18/h4-7,12H,3,8-11H2,1-2H3,(H2,16,19). The highest BCUT2D eigenvalue weighted by atomic mass is 16.5. The summed E-state index contributed by atoms with van der Waals surface area (Å²) in [6.45, 7) is 5.44. The second-order valence-electron chi connectivity index (χ2n) is 5.22. The van der Waals surface area contributed by atoms with Gasteiger partial charge in [-0.3, -0.25) is 4.79 Å². The van der Waals surface area contributed by atoms with Crippen LogP contribution >= 0.6 is 0 Å². The molecule has 0 saturated heterocycles. The van der Waals surface area contributed by atoms with Gasteiger partial charge >= 0.3 is 0 Å². The average Bonchev–Trinajstić information content (AvgIpc) is 2.44. The lowest BCUT2D eigenvalue weighted by molar-refractivity contribution is -0.118. The van der Waals surface area contributed by atoms with Crippen molar-refractivity contribution in [2.24, 2.45) is 5.73 Å². The van der Waals surface area contributed by atoms with Gasteiger partial charge in [-0.1, -0.05) is 12.1 Å². The fourth-order valence-electron chi connectivity index (χ4n) is 2.51. The predicted octanol–water partition coefficient (Wildman–Crippen LogP) is 1.08. The molecule has 0 radical (unpaired) electrons. The number of para-hydroxylation sites is 2. The van der Waals surface area contributed by atoms with E-state index < -0.39 is 0 Å². The number of carbonyl (C=O) groups is 1. The highest BCUT2D eigenvalue weighted by Gasteiger charge is 2.25. The zero-order chi connectivity index (χ0) is 14.5. The minimum absolute atomic E-state index is 0.114. The molecule has 2 rings (SSSR count). The van der Waals surface area contributed by atoms with Crippen molar-refractivity contribution >= 4 is 11.6 Å². The lowest BCUT2D eigenvalue weighted by Gasteiger charge is -2.37. The van der Waals surface area contributed by atoms with E-state index in [0.717, 1.165) is 31.1 Å². The molecule has 110 valence electrons. The topological polar surface area (TPSA) is 58.8 Å². The van der Waals surface area contributed by atoms with Crippen molar-refractivity contribution in [2.75, 3.05) is 38.1 Å². The van der Waals surface area contributed by atoms with Crippen LogP contribution in [0.1, 0.15) is 13.3 Å². The Morgan fingerprint density at radius 1 is 1.50 bits per heavy atom. The molecule has 5 heteroatoms. The van der Waals surface area contributed by atoms with Gasteiger partial charge in [-0.15, -0.1) is 0 Å². The van der Waals surface area contributed by atoms with Crippen LogP contribution in [0.2, 0.25) is 0 Å². The number of fused-ring (bicyclic) bond motifs is 1. The van der Waals surface area contributed by atoms with E-state index in [1.165, 1.54) is 0 Å². The number of benzene rings is 1. The average molecular weight is 277 g/mol. The molecular weight excluding hydrogens is 254 g/mol. The number of nitrogens with two attached hydrogens (primary N) is 1. The summed E-state index contributed by atoms with van der Waals surface area (Å²) in [7, 11) is 1.99. The van der Waals surface area contributed by atoms with Gasteiger partial charge in [0.2, 0.25) is 5.91 Å². The Balaban J connectivity index is 1.96. The van der Waals surface area contributed by atoms with Crippen molar-refractivity contribution < 1.29 is 9.53 Å². The lowest BCUT2D eigenvalue weighted by Crippen LogP contribution is -2.46. The van der Waals surface area contributed by atoms with Gasteiger partial charge in [-0.05, 0) is 26.1 Å². The molecule has 1 atom stereocenters. The molecule has 0 aliphatic carbocycles. The number of amides is 1. The first-order valence-electron chi connectivity index (χ1n) is 7.07. The van der Waals surface area contributed by atoms with Crippen LogP contribution in [0.5, 0.6) is 5.75 Å². The summed E-state index contributed by atoms with van der Waals surface area (Å²) in [6, 6.07) is 8.12. The van der Waals surface area contributed by atoms with Crippen LogP contribution in [0.3, 0.4) is 0 Å². The van der Waals surface area contributed by atoms with Gasteiger partial charge in [0.05, 0.1) is 12.2 Å². The summed E-state index contributed by atoms with van der Waals surface area (Å²) >= 11 is 0. The van der Waals surface area contributed by atoms with Gasteiger partial charge in [0.25, 0.3) is 0 Å². The van der Waals surface area contributed by atoms with Gasteiger partial charge < -0.3 is 20.3 Å². The van der Waals surface area contributed by atoms with Crippen molar-refractivity contribution in [1.29, 1.82) is 0 Å². The largest absolute Gasteiger partial charge is 0.485 e. The highest BCUT2D eigenvalue weighted by Crippen LogP contribution is 2.32. The summed E-state index contributed by atoms with van der Waals surface area (Å²) < 4.78 is 6.04. The lowest BCUT2D eigenvalue weighted by atomic mass is 10.2. The normalized spacial score (nSPS) is 17.8. The Morgan fingerprint density at radius 3 is 2.95 bits per heavy atom. The third kappa shape index (κ3) is 3.63. The van der Waals surface area contributed by atoms with E-state index in [-0.39, 0.29) is 12.0 Å². The highest BCUT2D eigenvalue weighted by molar-refractivity contribution is 5.73. The van der Waals surface area contributed by atoms with Crippen molar-refractivity contribution in [3.8, 4) is 5.75 Å². The molecule has 1 aromatic rings. The summed E-state index contributed by atoms with van der Waals surface area (Å²) in [5.41, 5.74) is 6.33. The number of primary amides is 1. The first-order chi connectivity index (χ1) is 9.60. The van der Waals surface area contributed by atoms with Crippen LogP contribution in [0.25, 0.3) is 0 Å². The molecule has 1 aliphatic heterocycles. The maximum absolute atomic E-state index is 10.8. The molecule has 20 heavy (non-hydrogen) atoms. The Bertz CT molecular complexity index is 464. The number of anilines is 1. The Kier molecular flexibility index (Phi) is 4.84. The number of carbonyl (C=O) groups excluding carboxylic acids is 1. The summed E-state index contributed by atoms with van der Waals surface area (Å²) in [5.74, 6) is 0.677. The van der Waals surface area contributed by atoms with Gasteiger partial charge in [0.1, 0.15) is 11.9 Å². The molecule has 0 fully saturated rings. The molecule has 5 nitrogen and oxygen atoms in total. The molecule has 2 N–H and O–H groups in total. The minimum Gasteiger partial charge on any atom is -0.485 e. The van der Waals surface area contributed by atoms with Crippen LogP contribution in [0.15, 0.2) is 24.3 Å². The summed E-state index contributed by atoms with van der Waals surface area (Å²) in [4.78, 5) is 15.2.